The molecule has 3 aromatic carbocycles. The van der Waals surface area contributed by atoms with E-state index in [2.05, 4.69) is 15.6 Å². The molecule has 0 radical (unpaired) electrons. The van der Waals surface area contributed by atoms with Gasteiger partial charge in [0.2, 0.25) is 0 Å². The number of rotatable bonds is 5. The molecule has 140 valence electrons. The fourth-order valence-corrected chi connectivity index (χ4v) is 3.01. The predicted octanol–water partition coefficient (Wildman–Crippen LogP) is 3.40. The third-order valence-corrected chi connectivity index (χ3v) is 4.42. The van der Waals surface area contributed by atoms with Gasteiger partial charge in [0.15, 0.2) is 6.61 Å². The lowest BCUT2D eigenvalue weighted by Gasteiger charge is -2.08. The van der Waals surface area contributed by atoms with Crippen molar-refractivity contribution in [2.45, 2.75) is 13.5 Å². The van der Waals surface area contributed by atoms with Crippen LogP contribution in [0.1, 0.15) is 17.3 Å². The molecule has 0 saturated carbocycles. The second-order valence-corrected chi connectivity index (χ2v) is 6.29. The van der Waals surface area contributed by atoms with Gasteiger partial charge >= 0.3 is 5.97 Å². The number of carbonyl (C=O) groups excluding carboxylic acids is 2. The molecule has 28 heavy (non-hydrogen) atoms. The molecule has 1 heterocycles. The third-order valence-electron chi connectivity index (χ3n) is 4.42. The van der Waals surface area contributed by atoms with Crippen molar-refractivity contribution in [3.63, 3.8) is 0 Å². The van der Waals surface area contributed by atoms with Gasteiger partial charge in [0, 0.05) is 12.2 Å². The van der Waals surface area contributed by atoms with E-state index < -0.39 is 11.9 Å². The van der Waals surface area contributed by atoms with E-state index in [9.17, 15) is 9.59 Å². The first-order chi connectivity index (χ1) is 13.6. The van der Waals surface area contributed by atoms with Gasteiger partial charge < -0.3 is 10.1 Å². The molecule has 1 aromatic heterocycles. The Balaban J connectivity index is 1.39. The van der Waals surface area contributed by atoms with Crippen LogP contribution < -0.4 is 5.32 Å². The summed E-state index contributed by atoms with van der Waals surface area (Å²) in [7, 11) is 0. The molecule has 1 N–H and O–H groups in total. The molecule has 0 bridgehead atoms. The van der Waals surface area contributed by atoms with Crippen LogP contribution in [-0.2, 0) is 16.1 Å². The Labute approximate surface area is 160 Å². The number of esters is 1. The van der Waals surface area contributed by atoms with Gasteiger partial charge in [-0.15, -0.1) is 5.10 Å². The minimum Gasteiger partial charge on any atom is -0.452 e. The standard InChI is InChI=1S/C21H18N4O3/c1-2-25-19-10-8-16(12-18(19)23-24-25)21(27)28-13-20(26)22-17-9-7-14-5-3-4-6-15(14)11-17/h3-12H,2,13H2,1H3,(H,22,26). The van der Waals surface area contributed by atoms with Gasteiger partial charge in [-0.1, -0.05) is 35.5 Å². The first-order valence-electron chi connectivity index (χ1n) is 8.93. The van der Waals surface area contributed by atoms with Crippen LogP contribution >= 0.6 is 0 Å². The highest BCUT2D eigenvalue weighted by Gasteiger charge is 2.13. The zero-order valence-corrected chi connectivity index (χ0v) is 15.3. The number of fused-ring (bicyclic) bond motifs is 2. The van der Waals surface area contributed by atoms with Crippen LogP contribution in [0.5, 0.6) is 0 Å². The number of ether oxygens (including phenoxy) is 1. The van der Waals surface area contributed by atoms with Crippen LogP contribution in [0, 0.1) is 0 Å². The van der Waals surface area contributed by atoms with E-state index in [4.69, 9.17) is 4.74 Å². The van der Waals surface area contributed by atoms with Gasteiger partial charge in [0.25, 0.3) is 5.91 Å². The van der Waals surface area contributed by atoms with Crippen molar-refractivity contribution < 1.29 is 14.3 Å². The number of nitrogens with one attached hydrogen (secondary N) is 1. The maximum absolute atomic E-state index is 12.2. The lowest BCUT2D eigenvalue weighted by atomic mass is 10.1. The third kappa shape index (κ3) is 3.55. The number of carbonyl (C=O) groups is 2. The highest BCUT2D eigenvalue weighted by molar-refractivity contribution is 5.98. The molecule has 7 heteroatoms. The monoisotopic (exact) mass is 374 g/mol. The molecule has 0 aliphatic carbocycles. The van der Waals surface area contributed by atoms with E-state index in [0.29, 0.717) is 23.3 Å². The molecule has 4 rings (SSSR count). The Bertz CT molecular complexity index is 1180. The minimum atomic E-state index is -0.582. The van der Waals surface area contributed by atoms with E-state index in [0.717, 1.165) is 16.3 Å². The van der Waals surface area contributed by atoms with E-state index in [-0.39, 0.29) is 6.61 Å². The van der Waals surface area contributed by atoms with Crippen LogP contribution in [0.3, 0.4) is 0 Å². The predicted molar refractivity (Wildman–Crippen MR) is 106 cm³/mol. The first-order valence-corrected chi connectivity index (χ1v) is 8.93. The number of aryl methyl sites for hydroxylation is 1. The fourth-order valence-electron chi connectivity index (χ4n) is 3.01. The summed E-state index contributed by atoms with van der Waals surface area (Å²) in [6.07, 6.45) is 0. The van der Waals surface area contributed by atoms with Crippen molar-refractivity contribution in [1.29, 1.82) is 0 Å². The van der Waals surface area contributed by atoms with Crippen LogP contribution in [-0.4, -0.2) is 33.5 Å². The zero-order valence-electron chi connectivity index (χ0n) is 15.3. The number of hydrogen-bond acceptors (Lipinski definition) is 5. The van der Waals surface area contributed by atoms with Crippen molar-refractivity contribution in [1.82, 2.24) is 15.0 Å². The topological polar surface area (TPSA) is 86.1 Å². The highest BCUT2D eigenvalue weighted by atomic mass is 16.5. The summed E-state index contributed by atoms with van der Waals surface area (Å²) in [6, 6.07) is 18.5. The number of anilines is 1. The summed E-state index contributed by atoms with van der Waals surface area (Å²) in [5.74, 6) is -0.983. The second kappa shape index (κ2) is 7.48. The molecule has 0 fully saturated rings. The van der Waals surface area contributed by atoms with E-state index in [1.54, 1.807) is 22.9 Å². The Kier molecular flexibility index (Phi) is 4.72. The lowest BCUT2D eigenvalue weighted by Crippen LogP contribution is -2.20. The normalized spacial score (nSPS) is 10.9. The Morgan fingerprint density at radius 3 is 2.68 bits per heavy atom. The van der Waals surface area contributed by atoms with Gasteiger partial charge in [-0.2, -0.15) is 0 Å². The van der Waals surface area contributed by atoms with Crippen LogP contribution in [0.15, 0.2) is 60.7 Å². The maximum Gasteiger partial charge on any atom is 0.338 e. The average molecular weight is 374 g/mol. The Hall–Kier alpha value is -3.74. The van der Waals surface area contributed by atoms with Crippen LogP contribution in [0.4, 0.5) is 5.69 Å². The number of hydrogen-bond donors (Lipinski definition) is 1. The molecule has 0 saturated heterocycles. The van der Waals surface area contributed by atoms with Crippen LogP contribution in [0.25, 0.3) is 21.8 Å². The smallest absolute Gasteiger partial charge is 0.338 e. The second-order valence-electron chi connectivity index (χ2n) is 6.29. The van der Waals surface area contributed by atoms with Gasteiger partial charge in [-0.25, -0.2) is 9.48 Å². The van der Waals surface area contributed by atoms with Crippen LogP contribution in [0.2, 0.25) is 0 Å². The molecule has 0 atom stereocenters. The molecule has 0 unspecified atom stereocenters. The summed E-state index contributed by atoms with van der Waals surface area (Å²) in [5, 5.41) is 12.9. The first kappa shape index (κ1) is 17.7. The summed E-state index contributed by atoms with van der Waals surface area (Å²) in [5.41, 5.74) is 2.43. The number of nitrogens with zero attached hydrogens (tertiary/aromatic N) is 3. The number of benzene rings is 3. The zero-order chi connectivity index (χ0) is 19.5. The van der Waals surface area contributed by atoms with E-state index in [1.165, 1.54) is 0 Å². The van der Waals surface area contributed by atoms with Crippen molar-refractivity contribution in [2.24, 2.45) is 0 Å². The van der Waals surface area contributed by atoms with Gasteiger partial charge in [-0.3, -0.25) is 4.79 Å². The molecule has 0 aliphatic heterocycles. The highest BCUT2D eigenvalue weighted by Crippen LogP contribution is 2.19. The molecule has 0 aliphatic rings. The summed E-state index contributed by atoms with van der Waals surface area (Å²) in [4.78, 5) is 24.4. The van der Waals surface area contributed by atoms with Crippen molar-refractivity contribution in [3.8, 4) is 0 Å². The summed E-state index contributed by atoms with van der Waals surface area (Å²) >= 11 is 0. The molecular weight excluding hydrogens is 356 g/mol. The van der Waals surface area contributed by atoms with Crippen molar-refractivity contribution in [2.75, 3.05) is 11.9 Å². The lowest BCUT2D eigenvalue weighted by molar-refractivity contribution is -0.119. The quantitative estimate of drug-likeness (QED) is 0.541. The Morgan fingerprint density at radius 2 is 1.86 bits per heavy atom. The molecule has 4 aromatic rings. The van der Waals surface area contributed by atoms with Gasteiger partial charge in [0.05, 0.1) is 11.1 Å². The van der Waals surface area contributed by atoms with Gasteiger partial charge in [0.1, 0.15) is 5.52 Å². The van der Waals surface area contributed by atoms with E-state index >= 15 is 0 Å². The van der Waals surface area contributed by atoms with Crippen molar-refractivity contribution >= 4 is 39.4 Å². The Morgan fingerprint density at radius 1 is 1.04 bits per heavy atom. The molecule has 7 nitrogen and oxygen atoms in total. The average Bonchev–Trinajstić information content (AvgIpc) is 3.14. The fraction of sp³-hybridized carbons (Fsp3) is 0.143. The number of aromatic nitrogens is 3. The minimum absolute atomic E-state index is 0.328. The van der Waals surface area contributed by atoms with Crippen molar-refractivity contribution in [3.05, 3.63) is 66.2 Å². The van der Waals surface area contributed by atoms with Gasteiger partial charge in [-0.05, 0) is 48.0 Å². The molecular formula is C21H18N4O3. The molecule has 0 spiro atoms. The molecule has 1 amide bonds. The largest absolute Gasteiger partial charge is 0.452 e. The SMILES string of the molecule is CCn1nnc2cc(C(=O)OCC(=O)Nc3ccc4ccccc4c3)ccc21. The summed E-state index contributed by atoms with van der Waals surface area (Å²) in [6.45, 7) is 2.28. The summed E-state index contributed by atoms with van der Waals surface area (Å²) < 4.78 is 6.86. The van der Waals surface area contributed by atoms with E-state index in [1.807, 2.05) is 49.4 Å². The maximum atomic E-state index is 12.2. The number of amides is 1.